The summed E-state index contributed by atoms with van der Waals surface area (Å²) in [5.41, 5.74) is 2.60. The third kappa shape index (κ3) is 5.36. The third-order valence-corrected chi connectivity index (χ3v) is 8.13. The molecule has 0 radical (unpaired) electrons. The summed E-state index contributed by atoms with van der Waals surface area (Å²) in [6.45, 7) is 14.0. The molecule has 7 heteroatoms. The van der Waals surface area contributed by atoms with Gasteiger partial charge in [0.15, 0.2) is 0 Å². The van der Waals surface area contributed by atoms with E-state index in [1.807, 2.05) is 13.0 Å². The van der Waals surface area contributed by atoms with Crippen LogP contribution in [0.15, 0.2) is 30.3 Å². The Morgan fingerprint density at radius 3 is 2.42 bits per heavy atom. The van der Waals surface area contributed by atoms with Crippen molar-refractivity contribution in [2.24, 2.45) is 0 Å². The lowest BCUT2D eigenvalue weighted by Crippen LogP contribution is -2.66. The van der Waals surface area contributed by atoms with Gasteiger partial charge in [0, 0.05) is 24.7 Å². The summed E-state index contributed by atoms with van der Waals surface area (Å²) in [5, 5.41) is 8.11. The first-order chi connectivity index (χ1) is 17.3. The molecule has 1 atom stereocenters. The van der Waals surface area contributed by atoms with Crippen LogP contribution in [0.25, 0.3) is 11.3 Å². The SMILES string of the molecule is CCN(CC)CCN1C(=O)c2cc(-c3ccc(C(C)C)cc3)nn2C[C@@]1(C)C(=O)NC1CCCCC1. The summed E-state index contributed by atoms with van der Waals surface area (Å²) >= 11 is 0. The van der Waals surface area contributed by atoms with E-state index in [1.54, 1.807) is 9.58 Å². The Balaban J connectivity index is 1.64. The molecule has 196 valence electrons. The standard InChI is InChI=1S/C29H43N5O2/c1-6-32(7-2)17-18-33-27(35)26-19-25(23-15-13-22(14-16-23)21(3)4)31-34(26)20-29(33,5)28(36)30-24-11-9-8-10-12-24/h13-16,19,21,24H,6-12,17-18,20H2,1-5H3,(H,30,36)/t29-/m0/s1. The minimum Gasteiger partial charge on any atom is -0.351 e. The average Bonchev–Trinajstić information content (AvgIpc) is 3.30. The quantitative estimate of drug-likeness (QED) is 0.551. The van der Waals surface area contributed by atoms with E-state index in [0.29, 0.717) is 24.7 Å². The van der Waals surface area contributed by atoms with Gasteiger partial charge in [0.1, 0.15) is 11.2 Å². The number of aromatic nitrogens is 2. The van der Waals surface area contributed by atoms with Gasteiger partial charge < -0.3 is 15.1 Å². The van der Waals surface area contributed by atoms with Crippen molar-refractivity contribution >= 4 is 11.8 Å². The van der Waals surface area contributed by atoms with Gasteiger partial charge in [-0.2, -0.15) is 5.10 Å². The predicted molar refractivity (Wildman–Crippen MR) is 144 cm³/mol. The Kier molecular flexibility index (Phi) is 8.18. The molecule has 36 heavy (non-hydrogen) atoms. The molecule has 1 fully saturated rings. The van der Waals surface area contributed by atoms with Crippen molar-refractivity contribution in [3.05, 3.63) is 41.6 Å². The first kappa shape index (κ1) is 26.4. The van der Waals surface area contributed by atoms with Gasteiger partial charge in [-0.25, -0.2) is 0 Å². The molecule has 2 aromatic rings. The lowest BCUT2D eigenvalue weighted by Gasteiger charge is -2.44. The van der Waals surface area contributed by atoms with Crippen LogP contribution < -0.4 is 5.32 Å². The number of benzene rings is 1. The molecule has 2 amide bonds. The van der Waals surface area contributed by atoms with Crippen molar-refractivity contribution in [2.75, 3.05) is 26.2 Å². The van der Waals surface area contributed by atoms with Gasteiger partial charge in [0.25, 0.3) is 5.91 Å². The fourth-order valence-corrected chi connectivity index (χ4v) is 5.54. The number of carbonyl (C=O) groups excluding carboxylic acids is 2. The number of hydrogen-bond donors (Lipinski definition) is 1. The molecule has 0 unspecified atom stereocenters. The second-order valence-electron chi connectivity index (χ2n) is 10.9. The zero-order valence-electron chi connectivity index (χ0n) is 22.7. The highest BCUT2D eigenvalue weighted by Gasteiger charge is 2.48. The lowest BCUT2D eigenvalue weighted by atomic mass is 9.91. The summed E-state index contributed by atoms with van der Waals surface area (Å²) in [5.74, 6) is 0.275. The van der Waals surface area contributed by atoms with Gasteiger partial charge in [-0.15, -0.1) is 0 Å². The summed E-state index contributed by atoms with van der Waals surface area (Å²) in [7, 11) is 0. The number of carbonyl (C=O) groups is 2. The van der Waals surface area contributed by atoms with Crippen LogP contribution in [0.5, 0.6) is 0 Å². The molecule has 0 spiro atoms. The van der Waals surface area contributed by atoms with Gasteiger partial charge in [0.05, 0.1) is 12.2 Å². The van der Waals surface area contributed by atoms with E-state index in [9.17, 15) is 9.59 Å². The molecule has 7 nitrogen and oxygen atoms in total. The van der Waals surface area contributed by atoms with Crippen LogP contribution in [-0.4, -0.2) is 69.2 Å². The van der Waals surface area contributed by atoms with Crippen molar-refractivity contribution in [3.63, 3.8) is 0 Å². The Morgan fingerprint density at radius 1 is 1.14 bits per heavy atom. The molecule has 0 bridgehead atoms. The molecule has 0 saturated heterocycles. The second-order valence-corrected chi connectivity index (χ2v) is 10.9. The Hall–Kier alpha value is -2.67. The van der Waals surface area contributed by atoms with E-state index in [1.165, 1.54) is 12.0 Å². The van der Waals surface area contributed by atoms with Crippen molar-refractivity contribution in [2.45, 2.75) is 90.8 Å². The highest BCUT2D eigenvalue weighted by molar-refractivity contribution is 6.00. The zero-order chi connectivity index (χ0) is 25.9. The van der Waals surface area contributed by atoms with Gasteiger partial charge >= 0.3 is 0 Å². The molecule has 1 aromatic heterocycles. The first-order valence-corrected chi connectivity index (χ1v) is 13.8. The van der Waals surface area contributed by atoms with Gasteiger partial charge in [-0.05, 0) is 50.4 Å². The molecule has 4 rings (SSSR count). The topological polar surface area (TPSA) is 70.5 Å². The van der Waals surface area contributed by atoms with Crippen LogP contribution in [0.1, 0.15) is 88.7 Å². The van der Waals surface area contributed by atoms with Crippen molar-refractivity contribution in [3.8, 4) is 11.3 Å². The van der Waals surface area contributed by atoms with E-state index in [4.69, 9.17) is 5.10 Å². The van der Waals surface area contributed by atoms with Gasteiger partial charge in [0.2, 0.25) is 5.91 Å². The molecule has 1 aliphatic carbocycles. The molecule has 1 saturated carbocycles. The third-order valence-electron chi connectivity index (χ3n) is 8.13. The molecule has 1 aromatic carbocycles. The fourth-order valence-electron chi connectivity index (χ4n) is 5.54. The van der Waals surface area contributed by atoms with E-state index in [-0.39, 0.29) is 17.9 Å². The minimum absolute atomic E-state index is 0.0636. The number of hydrogen-bond acceptors (Lipinski definition) is 4. The summed E-state index contributed by atoms with van der Waals surface area (Å²) in [6, 6.07) is 10.5. The number of nitrogens with zero attached hydrogens (tertiary/aromatic N) is 4. The molecule has 1 N–H and O–H groups in total. The van der Waals surface area contributed by atoms with Crippen molar-refractivity contribution in [1.29, 1.82) is 0 Å². The van der Waals surface area contributed by atoms with Crippen LogP contribution in [0.2, 0.25) is 0 Å². The second kappa shape index (κ2) is 11.2. The van der Waals surface area contributed by atoms with Crippen LogP contribution in [0, 0.1) is 0 Å². The summed E-state index contributed by atoms with van der Waals surface area (Å²) in [6.07, 6.45) is 5.55. The van der Waals surface area contributed by atoms with Crippen LogP contribution in [-0.2, 0) is 11.3 Å². The minimum atomic E-state index is -0.987. The Labute approximate surface area is 216 Å². The molecular weight excluding hydrogens is 450 g/mol. The molecular formula is C29H43N5O2. The lowest BCUT2D eigenvalue weighted by molar-refractivity contribution is -0.134. The van der Waals surface area contributed by atoms with E-state index < -0.39 is 5.54 Å². The maximum atomic E-state index is 13.9. The van der Waals surface area contributed by atoms with Gasteiger partial charge in [-0.1, -0.05) is 71.2 Å². The maximum Gasteiger partial charge on any atom is 0.273 e. The highest BCUT2D eigenvalue weighted by Crippen LogP contribution is 2.31. The number of nitrogens with one attached hydrogen (secondary N) is 1. The first-order valence-electron chi connectivity index (χ1n) is 13.8. The van der Waals surface area contributed by atoms with Gasteiger partial charge in [-0.3, -0.25) is 14.3 Å². The summed E-state index contributed by atoms with van der Waals surface area (Å²) in [4.78, 5) is 31.7. The van der Waals surface area contributed by atoms with Crippen LogP contribution in [0.3, 0.4) is 0 Å². The fraction of sp³-hybridized carbons (Fsp3) is 0.621. The largest absolute Gasteiger partial charge is 0.351 e. The van der Waals surface area contributed by atoms with E-state index in [0.717, 1.165) is 56.6 Å². The maximum absolute atomic E-state index is 13.9. The number of fused-ring (bicyclic) bond motifs is 1. The van der Waals surface area contributed by atoms with Crippen LogP contribution in [0.4, 0.5) is 0 Å². The average molecular weight is 494 g/mol. The number of likely N-dealkylation sites (N-methyl/N-ethyl adjacent to an activating group) is 1. The van der Waals surface area contributed by atoms with E-state index >= 15 is 0 Å². The predicted octanol–water partition coefficient (Wildman–Crippen LogP) is 4.68. The molecule has 2 aliphatic rings. The van der Waals surface area contributed by atoms with E-state index in [2.05, 4.69) is 62.2 Å². The monoisotopic (exact) mass is 493 g/mol. The smallest absolute Gasteiger partial charge is 0.273 e. The number of rotatable bonds is 9. The highest BCUT2D eigenvalue weighted by atomic mass is 16.2. The Morgan fingerprint density at radius 2 is 1.81 bits per heavy atom. The Bertz CT molecular complexity index is 1050. The molecule has 1 aliphatic heterocycles. The van der Waals surface area contributed by atoms with Crippen LogP contribution >= 0.6 is 0 Å². The van der Waals surface area contributed by atoms with Crippen molar-refractivity contribution in [1.82, 2.24) is 24.9 Å². The normalized spacial score (nSPS) is 20.8. The van der Waals surface area contributed by atoms with Crippen molar-refractivity contribution < 1.29 is 9.59 Å². The number of amides is 2. The zero-order valence-corrected chi connectivity index (χ0v) is 22.7. The molecule has 2 heterocycles. The summed E-state index contributed by atoms with van der Waals surface area (Å²) < 4.78 is 1.75.